The molecule has 0 saturated heterocycles. The van der Waals surface area contributed by atoms with E-state index in [1.165, 1.54) is 0 Å². The third-order valence-corrected chi connectivity index (χ3v) is 1.84. The van der Waals surface area contributed by atoms with Crippen molar-refractivity contribution in [2.75, 3.05) is 0 Å². The van der Waals surface area contributed by atoms with E-state index in [0.29, 0.717) is 11.3 Å². The lowest BCUT2D eigenvalue weighted by atomic mass is 10.3. The molecule has 0 saturated carbocycles. The average molecular weight is 214 g/mol. The summed E-state index contributed by atoms with van der Waals surface area (Å²) in [6.45, 7) is 0. The molecule has 4 N–H and O–H groups in total. The van der Waals surface area contributed by atoms with Crippen molar-refractivity contribution in [2.24, 2.45) is 0 Å². The third-order valence-electron chi connectivity index (χ3n) is 1.03. The second kappa shape index (κ2) is 3.71. The smallest absolute Gasteiger partial charge is 0.435 e. The number of thiazole rings is 1. The number of carboxylic acids is 1. The summed E-state index contributed by atoms with van der Waals surface area (Å²) in [5, 5.41) is 8.29. The zero-order chi connectivity index (χ0) is 9.35. The van der Waals surface area contributed by atoms with E-state index in [1.807, 2.05) is 0 Å². The standard InChI is InChI=1S/C5H2F3NO2S.H3N/c6-5(7,8)3-2(4(10)11)12-1-9-3;/h1H,(H,10,11);1H3. The van der Waals surface area contributed by atoms with Crippen molar-refractivity contribution in [2.45, 2.75) is 6.18 Å². The topological polar surface area (TPSA) is 85.2 Å². The van der Waals surface area contributed by atoms with Gasteiger partial charge in [-0.05, 0) is 0 Å². The fourth-order valence-corrected chi connectivity index (χ4v) is 1.24. The quantitative estimate of drug-likeness (QED) is 0.748. The summed E-state index contributed by atoms with van der Waals surface area (Å²) in [5.74, 6) is -1.61. The Morgan fingerprint density at radius 3 is 2.38 bits per heavy atom. The van der Waals surface area contributed by atoms with Gasteiger partial charge in [0.1, 0.15) is 4.88 Å². The Morgan fingerprint density at radius 1 is 1.54 bits per heavy atom. The molecule has 0 bridgehead atoms. The van der Waals surface area contributed by atoms with Gasteiger partial charge in [0.15, 0.2) is 5.69 Å². The van der Waals surface area contributed by atoms with Crippen molar-refractivity contribution in [3.63, 3.8) is 0 Å². The van der Waals surface area contributed by atoms with E-state index in [4.69, 9.17) is 5.11 Å². The highest BCUT2D eigenvalue weighted by Crippen LogP contribution is 2.32. The maximum atomic E-state index is 11.9. The molecule has 0 fully saturated rings. The zero-order valence-electron chi connectivity index (χ0n) is 6.13. The number of hydrogen-bond acceptors (Lipinski definition) is 4. The number of nitrogens with zero attached hydrogens (tertiary/aromatic N) is 1. The molecule has 0 radical (unpaired) electrons. The number of alkyl halides is 3. The van der Waals surface area contributed by atoms with Crippen LogP contribution in [0.15, 0.2) is 5.51 Å². The van der Waals surface area contributed by atoms with E-state index >= 15 is 0 Å². The van der Waals surface area contributed by atoms with E-state index in [9.17, 15) is 18.0 Å². The number of hydrogen-bond donors (Lipinski definition) is 2. The molecule has 0 aliphatic heterocycles. The average Bonchev–Trinajstić information content (AvgIpc) is 2.30. The number of carboxylic acid groups (broad SMARTS) is 1. The summed E-state index contributed by atoms with van der Waals surface area (Å²) in [6.07, 6.45) is -4.69. The van der Waals surface area contributed by atoms with Gasteiger partial charge < -0.3 is 11.3 Å². The van der Waals surface area contributed by atoms with Gasteiger partial charge in [0.05, 0.1) is 5.51 Å². The molecule has 0 atom stereocenters. The van der Waals surface area contributed by atoms with Crippen LogP contribution in [0.25, 0.3) is 0 Å². The minimum absolute atomic E-state index is 0. The van der Waals surface area contributed by atoms with Gasteiger partial charge in [0, 0.05) is 0 Å². The van der Waals surface area contributed by atoms with Crippen molar-refractivity contribution in [1.82, 2.24) is 11.1 Å². The Morgan fingerprint density at radius 2 is 2.08 bits per heavy atom. The lowest BCUT2D eigenvalue weighted by molar-refractivity contribution is -0.141. The van der Waals surface area contributed by atoms with E-state index in [0.717, 1.165) is 5.51 Å². The first-order valence-corrected chi connectivity index (χ1v) is 3.55. The van der Waals surface area contributed by atoms with Crippen LogP contribution < -0.4 is 6.15 Å². The van der Waals surface area contributed by atoms with Crippen molar-refractivity contribution >= 4 is 17.3 Å². The SMILES string of the molecule is N.O=C(O)c1scnc1C(F)(F)F. The van der Waals surface area contributed by atoms with Gasteiger partial charge in [-0.25, -0.2) is 9.78 Å². The van der Waals surface area contributed by atoms with Crippen LogP contribution in [-0.4, -0.2) is 16.1 Å². The molecule has 0 spiro atoms. The molecular formula is C5H5F3N2O2S. The van der Waals surface area contributed by atoms with Crippen molar-refractivity contribution < 1.29 is 23.1 Å². The van der Waals surface area contributed by atoms with E-state index < -0.39 is 22.7 Å². The first-order valence-electron chi connectivity index (χ1n) is 2.67. The lowest BCUT2D eigenvalue weighted by Gasteiger charge is -2.02. The van der Waals surface area contributed by atoms with Gasteiger partial charge in [-0.1, -0.05) is 0 Å². The Hall–Kier alpha value is -1.15. The molecule has 74 valence electrons. The van der Waals surface area contributed by atoms with Gasteiger partial charge in [0.2, 0.25) is 0 Å². The highest BCUT2D eigenvalue weighted by molar-refractivity contribution is 7.11. The van der Waals surface area contributed by atoms with E-state index in [2.05, 4.69) is 4.98 Å². The van der Waals surface area contributed by atoms with Crippen molar-refractivity contribution in [3.8, 4) is 0 Å². The van der Waals surface area contributed by atoms with Crippen LogP contribution in [0.5, 0.6) is 0 Å². The van der Waals surface area contributed by atoms with Crippen molar-refractivity contribution in [1.29, 1.82) is 0 Å². The predicted molar refractivity (Wildman–Crippen MR) is 39.1 cm³/mol. The predicted octanol–water partition coefficient (Wildman–Crippen LogP) is 2.02. The minimum Gasteiger partial charge on any atom is -0.477 e. The van der Waals surface area contributed by atoms with Gasteiger partial charge in [0.25, 0.3) is 0 Å². The van der Waals surface area contributed by atoms with Crippen molar-refractivity contribution in [3.05, 3.63) is 16.1 Å². The second-order valence-corrected chi connectivity index (χ2v) is 2.69. The van der Waals surface area contributed by atoms with Gasteiger partial charge in [-0.15, -0.1) is 11.3 Å². The van der Waals surface area contributed by atoms with Gasteiger partial charge in [-0.2, -0.15) is 13.2 Å². The summed E-state index contributed by atoms with van der Waals surface area (Å²) in [5.41, 5.74) is -0.480. The van der Waals surface area contributed by atoms with Crippen LogP contribution in [0.2, 0.25) is 0 Å². The van der Waals surface area contributed by atoms with Gasteiger partial charge in [-0.3, -0.25) is 0 Å². The van der Waals surface area contributed by atoms with Crippen LogP contribution in [0.1, 0.15) is 15.4 Å². The van der Waals surface area contributed by atoms with Crippen LogP contribution in [-0.2, 0) is 6.18 Å². The molecular weight excluding hydrogens is 209 g/mol. The Kier molecular flexibility index (Phi) is 3.38. The Balaban J connectivity index is 0.00000144. The molecule has 13 heavy (non-hydrogen) atoms. The summed E-state index contributed by atoms with van der Waals surface area (Å²) in [7, 11) is 0. The van der Waals surface area contributed by atoms with Crippen LogP contribution in [0, 0.1) is 0 Å². The molecule has 1 aromatic heterocycles. The molecule has 1 aromatic rings. The number of aromatic nitrogens is 1. The van der Waals surface area contributed by atoms with Crippen LogP contribution in [0.3, 0.4) is 0 Å². The molecule has 0 aromatic carbocycles. The number of rotatable bonds is 1. The van der Waals surface area contributed by atoms with Crippen LogP contribution >= 0.6 is 11.3 Å². The molecule has 0 aliphatic carbocycles. The monoisotopic (exact) mass is 214 g/mol. The van der Waals surface area contributed by atoms with E-state index in [1.54, 1.807) is 0 Å². The molecule has 0 amide bonds. The van der Waals surface area contributed by atoms with E-state index in [-0.39, 0.29) is 6.15 Å². The first-order chi connectivity index (χ1) is 5.43. The Bertz CT molecular complexity index is 309. The number of halogens is 3. The third kappa shape index (κ3) is 2.39. The second-order valence-electron chi connectivity index (χ2n) is 1.83. The normalized spacial score (nSPS) is 10.7. The zero-order valence-corrected chi connectivity index (χ0v) is 6.95. The summed E-state index contributed by atoms with van der Waals surface area (Å²) < 4.78 is 35.8. The fraction of sp³-hybridized carbons (Fsp3) is 0.200. The largest absolute Gasteiger partial charge is 0.477 e. The summed E-state index contributed by atoms with van der Waals surface area (Å²) in [6, 6.07) is 0. The van der Waals surface area contributed by atoms with Gasteiger partial charge >= 0.3 is 12.1 Å². The molecule has 8 heteroatoms. The molecule has 1 heterocycles. The summed E-state index contributed by atoms with van der Waals surface area (Å²) in [4.78, 5) is 12.3. The molecule has 0 unspecified atom stereocenters. The minimum atomic E-state index is -4.69. The number of carbonyl (C=O) groups is 1. The first kappa shape index (κ1) is 11.8. The maximum Gasteiger partial charge on any atom is 0.435 e. The summed E-state index contributed by atoms with van der Waals surface area (Å²) >= 11 is 0.454. The highest BCUT2D eigenvalue weighted by Gasteiger charge is 2.38. The number of aromatic carboxylic acids is 1. The highest BCUT2D eigenvalue weighted by atomic mass is 32.1. The molecule has 4 nitrogen and oxygen atoms in total. The van der Waals surface area contributed by atoms with Crippen LogP contribution in [0.4, 0.5) is 13.2 Å². The Labute approximate surface area is 74.6 Å². The fourth-order valence-electron chi connectivity index (χ4n) is 0.600. The molecule has 1 rings (SSSR count). The molecule has 0 aliphatic rings. The lowest BCUT2D eigenvalue weighted by Crippen LogP contribution is -2.11. The maximum absolute atomic E-state index is 11.9.